The highest BCUT2D eigenvalue weighted by atomic mass is 32.2. The Kier molecular flexibility index (Phi) is 6.49. The lowest BCUT2D eigenvalue weighted by atomic mass is 10.1. The lowest BCUT2D eigenvalue weighted by Gasteiger charge is -2.06. The van der Waals surface area contributed by atoms with Crippen LogP contribution in [-0.2, 0) is 23.1 Å². The van der Waals surface area contributed by atoms with Crippen LogP contribution in [0.1, 0.15) is 34.0 Å². The summed E-state index contributed by atoms with van der Waals surface area (Å²) in [5, 5.41) is 9.53. The van der Waals surface area contributed by atoms with Gasteiger partial charge in [0.05, 0.1) is 17.7 Å². The predicted octanol–water partition coefficient (Wildman–Crippen LogP) is 6.90. The van der Waals surface area contributed by atoms with Crippen molar-refractivity contribution in [1.82, 2.24) is 9.97 Å². The lowest BCUT2D eigenvalue weighted by molar-refractivity contribution is -0.138. The molecule has 0 aliphatic rings. The van der Waals surface area contributed by atoms with Crippen molar-refractivity contribution < 1.29 is 27.5 Å². The molecular formula is C23H19F3N2O3S2. The van der Waals surface area contributed by atoms with Crippen LogP contribution in [0.2, 0.25) is 0 Å². The molecule has 1 N–H and O–H groups in total. The molecule has 2 aromatic heterocycles. The van der Waals surface area contributed by atoms with Crippen molar-refractivity contribution in [3.05, 3.63) is 64.0 Å². The minimum atomic E-state index is -4.36. The number of nitrogens with zero attached hydrogens (tertiary/aromatic N) is 2. The maximum absolute atomic E-state index is 12.8. The molecule has 2 heterocycles. The van der Waals surface area contributed by atoms with Crippen molar-refractivity contribution >= 4 is 40.2 Å². The Morgan fingerprint density at radius 2 is 1.88 bits per heavy atom. The maximum atomic E-state index is 12.8. The number of carbonyl (C=O) groups is 1. The first-order chi connectivity index (χ1) is 15.6. The maximum Gasteiger partial charge on any atom is 0.416 e. The van der Waals surface area contributed by atoms with Crippen LogP contribution in [0.4, 0.5) is 13.2 Å². The molecule has 0 radical (unpaired) electrons. The van der Waals surface area contributed by atoms with Crippen LogP contribution in [0.5, 0.6) is 0 Å². The summed E-state index contributed by atoms with van der Waals surface area (Å²) < 4.78 is 44.1. The summed E-state index contributed by atoms with van der Waals surface area (Å²) in [6.07, 6.45) is -4.17. The summed E-state index contributed by atoms with van der Waals surface area (Å²) in [6, 6.07) is 8.94. The van der Waals surface area contributed by atoms with Crippen LogP contribution < -0.4 is 0 Å². The number of oxazole rings is 1. The summed E-state index contributed by atoms with van der Waals surface area (Å²) in [4.78, 5) is 21.8. The molecule has 0 aliphatic carbocycles. The molecule has 2 aromatic carbocycles. The van der Waals surface area contributed by atoms with E-state index in [4.69, 9.17) is 9.52 Å². The molecule has 10 heteroatoms. The fourth-order valence-electron chi connectivity index (χ4n) is 3.25. The van der Waals surface area contributed by atoms with Crippen LogP contribution >= 0.6 is 23.1 Å². The molecule has 0 bridgehead atoms. The molecule has 0 amide bonds. The van der Waals surface area contributed by atoms with Crippen LogP contribution in [0.3, 0.4) is 0 Å². The van der Waals surface area contributed by atoms with E-state index < -0.39 is 17.7 Å². The fourth-order valence-corrected chi connectivity index (χ4v) is 5.49. The SMILES string of the molecule is Cc1nc(-c2ccc(C(F)(F)F)cc2)sc1CSc1cc(C)c2oc(CCC(=O)O)nc2c1. The summed E-state index contributed by atoms with van der Waals surface area (Å²) >= 11 is 3.07. The van der Waals surface area contributed by atoms with Crippen molar-refractivity contribution in [3.8, 4) is 10.6 Å². The van der Waals surface area contributed by atoms with Crippen LogP contribution in [-0.4, -0.2) is 21.0 Å². The van der Waals surface area contributed by atoms with Gasteiger partial charge in [0.25, 0.3) is 0 Å². The van der Waals surface area contributed by atoms with E-state index in [2.05, 4.69) is 9.97 Å². The van der Waals surface area contributed by atoms with E-state index in [1.165, 1.54) is 23.5 Å². The molecule has 4 rings (SSSR count). The number of thiazole rings is 1. The average molecular weight is 493 g/mol. The smallest absolute Gasteiger partial charge is 0.416 e. The van der Waals surface area contributed by atoms with Crippen LogP contribution in [0.15, 0.2) is 45.7 Å². The Morgan fingerprint density at radius 3 is 2.55 bits per heavy atom. The van der Waals surface area contributed by atoms with Gasteiger partial charge in [-0.15, -0.1) is 23.1 Å². The number of rotatable bonds is 7. The van der Waals surface area contributed by atoms with Gasteiger partial charge in [-0.25, -0.2) is 9.97 Å². The zero-order valence-electron chi connectivity index (χ0n) is 17.7. The standard InChI is InChI=1S/C23H19F3N2O3S2/c1-12-9-16(10-17-21(12)31-19(28-17)7-8-20(29)30)32-11-18-13(2)27-22(33-18)14-3-5-15(6-4-14)23(24,25)26/h3-6,9-10H,7-8,11H2,1-2H3,(H,29,30). The third kappa shape index (κ3) is 5.39. The van der Waals surface area contributed by atoms with Crippen LogP contribution in [0.25, 0.3) is 21.7 Å². The number of aromatic nitrogens is 2. The van der Waals surface area contributed by atoms with Crippen molar-refractivity contribution in [2.75, 3.05) is 0 Å². The molecule has 0 spiro atoms. The van der Waals surface area contributed by atoms with Gasteiger partial charge >= 0.3 is 12.1 Å². The molecule has 0 unspecified atom stereocenters. The Bertz CT molecular complexity index is 1310. The van der Waals surface area contributed by atoms with Gasteiger partial charge in [-0.1, -0.05) is 12.1 Å². The quantitative estimate of drug-likeness (QED) is 0.283. The second-order valence-electron chi connectivity index (χ2n) is 7.48. The third-order valence-electron chi connectivity index (χ3n) is 4.97. The van der Waals surface area contributed by atoms with E-state index in [9.17, 15) is 18.0 Å². The number of benzene rings is 2. The number of alkyl halides is 3. The Labute approximate surface area is 195 Å². The monoisotopic (exact) mass is 492 g/mol. The molecule has 0 saturated heterocycles. The van der Waals surface area contributed by atoms with Gasteiger partial charge < -0.3 is 9.52 Å². The van der Waals surface area contributed by atoms with Gasteiger partial charge in [-0.05, 0) is 43.7 Å². The number of halogens is 3. The highest BCUT2D eigenvalue weighted by Crippen LogP contribution is 2.36. The second kappa shape index (κ2) is 9.18. The molecule has 172 valence electrons. The van der Waals surface area contributed by atoms with Gasteiger partial charge in [0.15, 0.2) is 11.5 Å². The Hall–Kier alpha value is -2.85. The second-order valence-corrected chi connectivity index (χ2v) is 9.61. The van der Waals surface area contributed by atoms with Crippen molar-refractivity contribution in [3.63, 3.8) is 0 Å². The third-order valence-corrected chi connectivity index (χ3v) is 7.36. The number of hydrogen-bond acceptors (Lipinski definition) is 6. The number of carboxylic acids is 1. The molecule has 5 nitrogen and oxygen atoms in total. The summed E-state index contributed by atoms with van der Waals surface area (Å²) in [6.45, 7) is 3.81. The summed E-state index contributed by atoms with van der Waals surface area (Å²) in [7, 11) is 0. The van der Waals surface area contributed by atoms with Gasteiger partial charge in [0.2, 0.25) is 0 Å². The minimum absolute atomic E-state index is 0.0423. The normalized spacial score (nSPS) is 11.9. The van der Waals surface area contributed by atoms with E-state index >= 15 is 0 Å². The van der Waals surface area contributed by atoms with E-state index in [-0.39, 0.29) is 12.8 Å². The molecular weight excluding hydrogens is 473 g/mol. The van der Waals surface area contributed by atoms with Crippen molar-refractivity contribution in [2.24, 2.45) is 0 Å². The molecule has 4 aromatic rings. The molecule has 0 atom stereocenters. The summed E-state index contributed by atoms with van der Waals surface area (Å²) in [5.74, 6) is 0.150. The highest BCUT2D eigenvalue weighted by molar-refractivity contribution is 7.98. The Balaban J connectivity index is 1.49. The van der Waals surface area contributed by atoms with E-state index in [1.807, 2.05) is 26.0 Å². The number of fused-ring (bicyclic) bond motifs is 1. The molecule has 33 heavy (non-hydrogen) atoms. The highest BCUT2D eigenvalue weighted by Gasteiger charge is 2.30. The largest absolute Gasteiger partial charge is 0.481 e. The average Bonchev–Trinajstić information content (AvgIpc) is 3.33. The molecule has 0 fully saturated rings. The first kappa shape index (κ1) is 23.3. The topological polar surface area (TPSA) is 76.2 Å². The summed E-state index contributed by atoms with van der Waals surface area (Å²) in [5.41, 5.74) is 3.07. The number of carboxylic acid groups (broad SMARTS) is 1. The molecule has 0 saturated carbocycles. The van der Waals surface area contributed by atoms with Gasteiger partial charge in [0.1, 0.15) is 10.5 Å². The number of aliphatic carboxylic acids is 1. The zero-order chi connectivity index (χ0) is 23.8. The van der Waals surface area contributed by atoms with E-state index in [0.29, 0.717) is 33.3 Å². The van der Waals surface area contributed by atoms with Crippen LogP contribution in [0, 0.1) is 13.8 Å². The number of thioether (sulfide) groups is 1. The number of hydrogen-bond donors (Lipinski definition) is 1. The minimum Gasteiger partial charge on any atom is -0.481 e. The van der Waals surface area contributed by atoms with E-state index in [0.717, 1.165) is 33.2 Å². The lowest BCUT2D eigenvalue weighted by Crippen LogP contribution is -2.03. The fraction of sp³-hybridized carbons (Fsp3) is 0.261. The number of aryl methyl sites for hydroxylation is 3. The van der Waals surface area contributed by atoms with E-state index in [1.54, 1.807) is 11.8 Å². The first-order valence-electron chi connectivity index (χ1n) is 9.99. The Morgan fingerprint density at radius 1 is 1.15 bits per heavy atom. The molecule has 0 aliphatic heterocycles. The van der Waals surface area contributed by atoms with Crippen molar-refractivity contribution in [1.29, 1.82) is 0 Å². The zero-order valence-corrected chi connectivity index (χ0v) is 19.3. The predicted molar refractivity (Wildman–Crippen MR) is 122 cm³/mol. The van der Waals surface area contributed by atoms with Gasteiger partial charge in [-0.3, -0.25) is 4.79 Å². The van der Waals surface area contributed by atoms with Gasteiger partial charge in [0, 0.05) is 27.5 Å². The first-order valence-corrected chi connectivity index (χ1v) is 11.8. The van der Waals surface area contributed by atoms with Crippen molar-refractivity contribution in [2.45, 2.75) is 43.5 Å². The van der Waals surface area contributed by atoms with Gasteiger partial charge in [-0.2, -0.15) is 13.2 Å².